The van der Waals surface area contributed by atoms with E-state index in [-0.39, 0.29) is 0 Å². The van der Waals surface area contributed by atoms with Crippen molar-refractivity contribution in [2.45, 2.75) is 17.8 Å². The summed E-state index contributed by atoms with van der Waals surface area (Å²) in [6.07, 6.45) is 0.291. The van der Waals surface area contributed by atoms with Crippen molar-refractivity contribution in [1.82, 2.24) is 15.5 Å². The number of rotatable bonds is 8. The zero-order valence-electron chi connectivity index (χ0n) is 17.8. The third kappa shape index (κ3) is 6.20. The van der Waals surface area contributed by atoms with E-state index in [0.717, 1.165) is 11.1 Å². The summed E-state index contributed by atoms with van der Waals surface area (Å²) in [5.74, 6) is -0.865. The predicted octanol–water partition coefficient (Wildman–Crippen LogP) is 5.50. The maximum absolute atomic E-state index is 13.2. The normalized spacial score (nSPS) is 12.5. The van der Waals surface area contributed by atoms with Gasteiger partial charge in [0.15, 0.2) is 0 Å². The molecule has 0 saturated carbocycles. The zero-order valence-corrected chi connectivity index (χ0v) is 20.1. The van der Waals surface area contributed by atoms with Crippen molar-refractivity contribution < 1.29 is 9.59 Å². The molecule has 34 heavy (non-hydrogen) atoms. The van der Waals surface area contributed by atoms with E-state index in [4.69, 9.17) is 23.2 Å². The Labute approximate surface area is 211 Å². The molecule has 2 amide bonds. The molecule has 0 aliphatic heterocycles. The molecule has 3 aromatic carbocycles. The molecule has 9 heteroatoms. The third-order valence-electron chi connectivity index (χ3n) is 4.98. The Morgan fingerprint density at radius 3 is 2.18 bits per heavy atom. The van der Waals surface area contributed by atoms with Crippen molar-refractivity contribution >= 4 is 51.5 Å². The van der Waals surface area contributed by atoms with Gasteiger partial charge in [-0.25, -0.2) is 0 Å². The quantitative estimate of drug-likeness (QED) is 0.306. The van der Waals surface area contributed by atoms with Gasteiger partial charge in [-0.2, -0.15) is 0 Å². The van der Waals surface area contributed by atoms with E-state index >= 15 is 0 Å². The van der Waals surface area contributed by atoms with Crippen LogP contribution in [-0.4, -0.2) is 28.1 Å². The number of carbonyl (C=O) groups excluding carboxylic acids is 2. The molecule has 172 valence electrons. The third-order valence-corrected chi connectivity index (χ3v) is 6.57. The van der Waals surface area contributed by atoms with Crippen molar-refractivity contribution in [2.75, 3.05) is 5.32 Å². The lowest BCUT2D eigenvalue weighted by Crippen LogP contribution is -2.46. The minimum atomic E-state index is -0.926. The van der Waals surface area contributed by atoms with Gasteiger partial charge in [0.2, 0.25) is 16.9 Å². The van der Waals surface area contributed by atoms with Crippen LogP contribution < -0.4 is 10.6 Å². The molecule has 0 spiro atoms. The van der Waals surface area contributed by atoms with Crippen LogP contribution in [0.4, 0.5) is 5.13 Å². The smallest absolute Gasteiger partial charge is 0.249 e. The maximum atomic E-state index is 13.2. The summed E-state index contributed by atoms with van der Waals surface area (Å²) in [6.45, 7) is 0. The highest BCUT2D eigenvalue weighted by molar-refractivity contribution is 7.18. The lowest BCUT2D eigenvalue weighted by atomic mass is 10.0. The molecule has 1 heterocycles. The molecule has 0 radical (unpaired) electrons. The fourth-order valence-corrected chi connectivity index (χ4v) is 4.34. The van der Waals surface area contributed by atoms with E-state index < -0.39 is 23.2 Å². The summed E-state index contributed by atoms with van der Waals surface area (Å²) in [5, 5.41) is 14.4. The van der Waals surface area contributed by atoms with Gasteiger partial charge in [-0.3, -0.25) is 14.9 Å². The molecular formula is C25H20Cl2N4O2S. The van der Waals surface area contributed by atoms with Crippen molar-refractivity contribution in [3.63, 3.8) is 0 Å². The summed E-state index contributed by atoms with van der Waals surface area (Å²) < 4.78 is 0. The molecule has 0 fully saturated rings. The molecule has 2 N–H and O–H groups in total. The van der Waals surface area contributed by atoms with Gasteiger partial charge in [-0.05, 0) is 23.3 Å². The van der Waals surface area contributed by atoms with Crippen LogP contribution in [0.25, 0.3) is 10.6 Å². The molecule has 0 bridgehead atoms. The Balaban J connectivity index is 1.49. The van der Waals surface area contributed by atoms with Crippen LogP contribution in [0.5, 0.6) is 0 Å². The van der Waals surface area contributed by atoms with E-state index in [2.05, 4.69) is 20.8 Å². The van der Waals surface area contributed by atoms with Gasteiger partial charge in [0.25, 0.3) is 0 Å². The fourth-order valence-electron chi connectivity index (χ4n) is 3.25. The van der Waals surface area contributed by atoms with Gasteiger partial charge >= 0.3 is 0 Å². The van der Waals surface area contributed by atoms with Crippen LogP contribution in [-0.2, 0) is 16.0 Å². The van der Waals surface area contributed by atoms with Gasteiger partial charge in [-0.15, -0.1) is 21.8 Å². The second-order valence-electron chi connectivity index (χ2n) is 7.43. The van der Waals surface area contributed by atoms with Crippen LogP contribution in [0.1, 0.15) is 16.5 Å². The highest BCUT2D eigenvalue weighted by Gasteiger charge is 2.26. The number of benzene rings is 3. The van der Waals surface area contributed by atoms with Crippen LogP contribution in [0.3, 0.4) is 0 Å². The number of alkyl halides is 1. The Morgan fingerprint density at radius 2 is 1.50 bits per heavy atom. The molecule has 4 aromatic rings. The second kappa shape index (κ2) is 11.2. The molecular weight excluding hydrogens is 491 g/mol. The molecule has 2 atom stereocenters. The number of nitrogens with zero attached hydrogens (tertiary/aromatic N) is 2. The first kappa shape index (κ1) is 23.9. The van der Waals surface area contributed by atoms with Crippen LogP contribution in [0.15, 0.2) is 84.9 Å². The molecule has 0 aliphatic carbocycles. The number of anilines is 1. The van der Waals surface area contributed by atoms with Gasteiger partial charge in [0.05, 0.1) is 0 Å². The lowest BCUT2D eigenvalue weighted by molar-refractivity contribution is -0.126. The van der Waals surface area contributed by atoms with Crippen molar-refractivity contribution in [1.29, 1.82) is 0 Å². The summed E-state index contributed by atoms with van der Waals surface area (Å²) >= 11 is 13.6. The number of carbonyl (C=O) groups is 2. The minimum absolute atomic E-state index is 0.291. The zero-order chi connectivity index (χ0) is 23.9. The lowest BCUT2D eigenvalue weighted by Gasteiger charge is -2.20. The van der Waals surface area contributed by atoms with Crippen molar-refractivity contribution in [3.8, 4) is 10.6 Å². The molecule has 0 unspecified atom stereocenters. The van der Waals surface area contributed by atoms with Gasteiger partial charge < -0.3 is 5.32 Å². The number of hydrogen-bond acceptors (Lipinski definition) is 5. The Hall–Kier alpha value is -3.26. The molecule has 0 aliphatic rings. The highest BCUT2D eigenvalue weighted by atomic mass is 35.5. The number of nitrogens with one attached hydrogen (secondary N) is 2. The first-order chi connectivity index (χ1) is 16.5. The van der Waals surface area contributed by atoms with E-state index in [9.17, 15) is 9.59 Å². The summed E-state index contributed by atoms with van der Waals surface area (Å²) in [6, 6.07) is 24.7. The second-order valence-corrected chi connectivity index (χ2v) is 9.28. The SMILES string of the molecule is O=C(N[C@H](Cc1ccccc1)C(=O)Nc1nnc(-c2ccc(Cl)cc2)s1)[C@@H](Cl)c1ccccc1. The number of halogens is 2. The maximum Gasteiger partial charge on any atom is 0.249 e. The van der Waals surface area contributed by atoms with Crippen molar-refractivity contribution in [2.24, 2.45) is 0 Å². The monoisotopic (exact) mass is 510 g/mol. The Morgan fingerprint density at radius 1 is 0.853 bits per heavy atom. The molecule has 6 nitrogen and oxygen atoms in total. The van der Waals surface area contributed by atoms with Crippen molar-refractivity contribution in [3.05, 3.63) is 101 Å². The molecule has 1 aromatic heterocycles. The predicted molar refractivity (Wildman–Crippen MR) is 136 cm³/mol. The van der Waals surface area contributed by atoms with Gasteiger partial charge in [0.1, 0.15) is 16.4 Å². The first-order valence-corrected chi connectivity index (χ1v) is 12.1. The average molecular weight is 511 g/mol. The Kier molecular flexibility index (Phi) is 7.90. The van der Waals surface area contributed by atoms with E-state index in [1.165, 1.54) is 11.3 Å². The first-order valence-electron chi connectivity index (χ1n) is 10.4. The van der Waals surface area contributed by atoms with E-state index in [1.807, 2.05) is 48.5 Å². The van der Waals surface area contributed by atoms with Crippen LogP contribution in [0, 0.1) is 0 Å². The Bertz CT molecular complexity index is 1250. The summed E-state index contributed by atoms with van der Waals surface area (Å²) in [7, 11) is 0. The topological polar surface area (TPSA) is 84.0 Å². The van der Waals surface area contributed by atoms with Crippen LogP contribution >= 0.6 is 34.5 Å². The summed E-state index contributed by atoms with van der Waals surface area (Å²) in [4.78, 5) is 26.0. The summed E-state index contributed by atoms with van der Waals surface area (Å²) in [5.41, 5.74) is 2.38. The fraction of sp³-hybridized carbons (Fsp3) is 0.120. The van der Waals surface area contributed by atoms with Gasteiger partial charge in [-0.1, -0.05) is 95.7 Å². The number of aromatic nitrogens is 2. The average Bonchev–Trinajstić information content (AvgIpc) is 3.33. The highest BCUT2D eigenvalue weighted by Crippen LogP contribution is 2.27. The molecule has 0 saturated heterocycles. The minimum Gasteiger partial charge on any atom is -0.342 e. The standard InChI is InChI=1S/C25H20Cl2N4O2S/c26-19-13-11-18(12-14-19)24-30-31-25(34-24)29-22(32)20(15-16-7-3-1-4-8-16)28-23(33)21(27)17-9-5-2-6-10-17/h1-14,20-21H,15H2,(H,28,33)(H,29,31,32)/t20-,21+/m1/s1. The van der Waals surface area contributed by atoms with Gasteiger partial charge in [0, 0.05) is 17.0 Å². The van der Waals surface area contributed by atoms with Crippen LogP contribution in [0.2, 0.25) is 5.02 Å². The number of hydrogen-bond donors (Lipinski definition) is 2. The van der Waals surface area contributed by atoms with E-state index in [1.54, 1.807) is 36.4 Å². The van der Waals surface area contributed by atoms with E-state index in [0.29, 0.717) is 27.1 Å². The number of amides is 2. The molecule has 4 rings (SSSR count). The largest absolute Gasteiger partial charge is 0.342 e.